The molecule has 1 heterocycles. The van der Waals surface area contributed by atoms with Crippen LogP contribution < -0.4 is 10.5 Å². The summed E-state index contributed by atoms with van der Waals surface area (Å²) < 4.78 is 5.06. The van der Waals surface area contributed by atoms with E-state index in [1.165, 1.54) is 7.11 Å². The van der Waals surface area contributed by atoms with Crippen molar-refractivity contribution in [3.05, 3.63) is 28.8 Å². The normalized spacial score (nSPS) is 19.2. The van der Waals surface area contributed by atoms with Crippen LogP contribution in [0.3, 0.4) is 0 Å². The van der Waals surface area contributed by atoms with Gasteiger partial charge in [0, 0.05) is 5.56 Å². The highest BCUT2D eigenvalue weighted by Crippen LogP contribution is 2.25. The van der Waals surface area contributed by atoms with Crippen LogP contribution in [0.1, 0.15) is 29.6 Å². The van der Waals surface area contributed by atoms with Crippen LogP contribution >= 0.6 is 11.6 Å². The van der Waals surface area contributed by atoms with Gasteiger partial charge in [0.15, 0.2) is 5.78 Å². The molecule has 114 valence electrons. The lowest BCUT2D eigenvalue weighted by molar-refractivity contribution is -0.124. The fourth-order valence-electron chi connectivity index (χ4n) is 2.62. The number of carbonyl (C=O) groups excluding carboxylic acids is 2. The molecule has 21 heavy (non-hydrogen) atoms. The second kappa shape index (κ2) is 6.91. The molecule has 1 aliphatic rings. The molecule has 0 aromatic heterocycles. The molecule has 5 nitrogen and oxygen atoms in total. The lowest BCUT2D eigenvalue weighted by atomic mass is 10.0. The lowest BCUT2D eigenvalue weighted by Crippen LogP contribution is -2.49. The topological polar surface area (TPSA) is 72.6 Å². The number of carbonyl (C=O) groups is 2. The van der Waals surface area contributed by atoms with Crippen LogP contribution in [-0.2, 0) is 4.79 Å². The predicted molar refractivity (Wildman–Crippen MR) is 80.7 cm³/mol. The monoisotopic (exact) mass is 310 g/mol. The number of rotatable bonds is 5. The van der Waals surface area contributed by atoms with E-state index < -0.39 is 0 Å². The zero-order chi connectivity index (χ0) is 15.4. The molecule has 1 atom stereocenters. The van der Waals surface area contributed by atoms with Gasteiger partial charge in [-0.3, -0.25) is 14.5 Å². The van der Waals surface area contributed by atoms with E-state index in [0.717, 1.165) is 12.8 Å². The Morgan fingerprint density at radius 2 is 2.19 bits per heavy atom. The number of likely N-dealkylation sites (tertiary alicyclic amines) is 1. The molecular weight excluding hydrogens is 292 g/mol. The summed E-state index contributed by atoms with van der Waals surface area (Å²) in [5, 5.41) is 0.397. The molecule has 0 radical (unpaired) electrons. The Bertz CT molecular complexity index is 548. The number of halogens is 1. The van der Waals surface area contributed by atoms with E-state index in [9.17, 15) is 9.59 Å². The van der Waals surface area contributed by atoms with Gasteiger partial charge in [-0.1, -0.05) is 18.0 Å². The minimum Gasteiger partial charge on any atom is -0.495 e. The van der Waals surface area contributed by atoms with Gasteiger partial charge in [0.05, 0.1) is 24.7 Å². The zero-order valence-corrected chi connectivity index (χ0v) is 12.7. The number of hydrogen-bond acceptors (Lipinski definition) is 4. The van der Waals surface area contributed by atoms with E-state index in [2.05, 4.69) is 0 Å². The predicted octanol–water partition coefficient (Wildman–Crippen LogP) is 1.87. The smallest absolute Gasteiger partial charge is 0.234 e. The number of ketones is 1. The maximum atomic E-state index is 12.3. The van der Waals surface area contributed by atoms with Crippen LogP contribution in [0.5, 0.6) is 5.75 Å². The molecule has 6 heteroatoms. The van der Waals surface area contributed by atoms with Crippen molar-refractivity contribution in [1.82, 2.24) is 4.90 Å². The van der Waals surface area contributed by atoms with Gasteiger partial charge in [-0.2, -0.15) is 0 Å². The van der Waals surface area contributed by atoms with Gasteiger partial charge in [-0.05, 0) is 37.6 Å². The number of hydrogen-bond donors (Lipinski definition) is 1. The molecule has 0 saturated carbocycles. The van der Waals surface area contributed by atoms with E-state index in [4.69, 9.17) is 22.1 Å². The minimum absolute atomic E-state index is 0.0762. The van der Waals surface area contributed by atoms with Gasteiger partial charge >= 0.3 is 0 Å². The summed E-state index contributed by atoms with van der Waals surface area (Å²) in [5.74, 6) is 0.0872. The quantitative estimate of drug-likeness (QED) is 0.843. The molecule has 0 spiro atoms. The largest absolute Gasteiger partial charge is 0.495 e. The Hall–Kier alpha value is -1.59. The third-order valence-corrected chi connectivity index (χ3v) is 4.06. The van der Waals surface area contributed by atoms with Crippen LogP contribution in [-0.4, -0.2) is 42.8 Å². The highest BCUT2D eigenvalue weighted by Gasteiger charge is 2.28. The van der Waals surface area contributed by atoms with Crippen molar-refractivity contribution < 1.29 is 14.3 Å². The molecule has 1 aromatic rings. The highest BCUT2D eigenvalue weighted by atomic mass is 35.5. The van der Waals surface area contributed by atoms with Crippen LogP contribution in [0.15, 0.2) is 18.2 Å². The number of Topliss-reactive ketones (excluding diaryl/α,β-unsaturated/α-hetero) is 1. The van der Waals surface area contributed by atoms with Crippen molar-refractivity contribution in [1.29, 1.82) is 0 Å². The second-order valence-corrected chi connectivity index (χ2v) is 5.56. The van der Waals surface area contributed by atoms with E-state index in [1.807, 2.05) is 4.90 Å². The third-order valence-electron chi connectivity index (χ3n) is 3.76. The number of ether oxygens (including phenoxy) is 1. The van der Waals surface area contributed by atoms with Gasteiger partial charge in [0.2, 0.25) is 5.91 Å². The number of primary amides is 1. The molecule has 0 bridgehead atoms. The Morgan fingerprint density at radius 3 is 2.81 bits per heavy atom. The van der Waals surface area contributed by atoms with Crippen molar-refractivity contribution in [3.63, 3.8) is 0 Å². The van der Waals surface area contributed by atoms with Crippen LogP contribution in [0.2, 0.25) is 5.02 Å². The average Bonchev–Trinajstić information content (AvgIpc) is 2.47. The molecule has 0 aliphatic carbocycles. The Balaban J connectivity index is 2.09. The third kappa shape index (κ3) is 3.74. The van der Waals surface area contributed by atoms with Crippen LogP contribution in [0.25, 0.3) is 0 Å². The summed E-state index contributed by atoms with van der Waals surface area (Å²) in [6, 6.07) is 4.58. The van der Waals surface area contributed by atoms with E-state index in [-0.39, 0.29) is 24.3 Å². The van der Waals surface area contributed by atoms with Gasteiger partial charge in [-0.25, -0.2) is 0 Å². The van der Waals surface area contributed by atoms with Crippen LogP contribution in [0, 0.1) is 0 Å². The fraction of sp³-hybridized carbons (Fsp3) is 0.467. The summed E-state index contributed by atoms with van der Waals surface area (Å²) in [6.07, 6.45) is 2.65. The van der Waals surface area contributed by atoms with Crippen LogP contribution in [0.4, 0.5) is 0 Å². The SMILES string of the molecule is COc1ccc(C(=O)CN2CCCCC2C(N)=O)cc1Cl. The molecule has 1 amide bonds. The lowest BCUT2D eigenvalue weighted by Gasteiger charge is -2.32. The van der Waals surface area contributed by atoms with Gasteiger partial charge in [0.1, 0.15) is 5.75 Å². The Morgan fingerprint density at radius 1 is 1.43 bits per heavy atom. The summed E-state index contributed by atoms with van der Waals surface area (Å²) in [6.45, 7) is 0.888. The standard InChI is InChI=1S/C15H19ClN2O3/c1-21-14-6-5-10(8-11(14)16)13(19)9-18-7-3-2-4-12(18)15(17)20/h5-6,8,12H,2-4,7,9H2,1H3,(H2,17,20). The zero-order valence-electron chi connectivity index (χ0n) is 12.0. The molecule has 2 rings (SSSR count). The summed E-state index contributed by atoms with van der Waals surface area (Å²) in [4.78, 5) is 25.6. The number of methoxy groups -OCH3 is 1. The Kier molecular flexibility index (Phi) is 5.20. The van der Waals surface area contributed by atoms with Crippen molar-refractivity contribution in [2.75, 3.05) is 20.2 Å². The molecule has 1 fully saturated rings. The molecule has 1 aromatic carbocycles. The van der Waals surface area contributed by atoms with Gasteiger partial charge in [0.25, 0.3) is 0 Å². The first kappa shape index (κ1) is 15.8. The number of nitrogens with zero attached hydrogens (tertiary/aromatic N) is 1. The summed E-state index contributed by atoms with van der Waals surface area (Å²) in [5.41, 5.74) is 5.91. The van der Waals surface area contributed by atoms with E-state index in [1.54, 1.807) is 18.2 Å². The van der Waals surface area contributed by atoms with Crippen molar-refractivity contribution >= 4 is 23.3 Å². The van der Waals surface area contributed by atoms with E-state index >= 15 is 0 Å². The molecule has 1 unspecified atom stereocenters. The first-order chi connectivity index (χ1) is 10.0. The van der Waals surface area contributed by atoms with Gasteiger partial charge in [-0.15, -0.1) is 0 Å². The molecule has 1 saturated heterocycles. The summed E-state index contributed by atoms with van der Waals surface area (Å²) >= 11 is 6.03. The molecule has 1 aliphatic heterocycles. The minimum atomic E-state index is -0.365. The molecule has 2 N–H and O–H groups in total. The number of amides is 1. The maximum Gasteiger partial charge on any atom is 0.234 e. The second-order valence-electron chi connectivity index (χ2n) is 5.16. The van der Waals surface area contributed by atoms with E-state index in [0.29, 0.717) is 29.3 Å². The summed E-state index contributed by atoms with van der Waals surface area (Å²) in [7, 11) is 1.52. The van der Waals surface area contributed by atoms with Crippen molar-refractivity contribution in [2.45, 2.75) is 25.3 Å². The van der Waals surface area contributed by atoms with Crippen molar-refractivity contribution in [3.8, 4) is 5.75 Å². The first-order valence-corrected chi connectivity index (χ1v) is 7.31. The van der Waals surface area contributed by atoms with Crippen molar-refractivity contribution in [2.24, 2.45) is 5.73 Å². The number of piperidine rings is 1. The number of benzene rings is 1. The first-order valence-electron chi connectivity index (χ1n) is 6.93. The molecular formula is C15H19ClN2O3. The number of nitrogens with two attached hydrogens (primary N) is 1. The highest BCUT2D eigenvalue weighted by molar-refractivity contribution is 6.32. The average molecular weight is 311 g/mol. The fourth-order valence-corrected chi connectivity index (χ4v) is 2.88. The van der Waals surface area contributed by atoms with Gasteiger partial charge < -0.3 is 10.5 Å². The Labute approximate surface area is 129 Å². The maximum absolute atomic E-state index is 12.3.